The number of hydrogen-bond donors (Lipinski definition) is 2. The minimum absolute atomic E-state index is 0. The highest BCUT2D eigenvalue weighted by atomic mass is 35.5. The molecule has 1 amide bonds. The number of aryl methyl sites for hydroxylation is 1. The highest BCUT2D eigenvalue weighted by Gasteiger charge is 2.22. The van der Waals surface area contributed by atoms with E-state index in [1.165, 1.54) is 11.1 Å². The summed E-state index contributed by atoms with van der Waals surface area (Å²) < 4.78 is 0. The van der Waals surface area contributed by atoms with E-state index < -0.39 is 0 Å². The van der Waals surface area contributed by atoms with E-state index in [2.05, 4.69) is 55.7 Å². The zero-order valence-electron chi connectivity index (χ0n) is 13.9. The van der Waals surface area contributed by atoms with Crippen molar-refractivity contribution in [2.24, 2.45) is 5.92 Å². The van der Waals surface area contributed by atoms with Crippen molar-refractivity contribution >= 4 is 18.3 Å². The number of piperidine rings is 1. The SMILES string of the molecule is CC(C)c1ccc(CCC(=O)NC2CCNCC2C)cc1.Cl. The first-order chi connectivity index (χ1) is 10.1. The zero-order valence-corrected chi connectivity index (χ0v) is 14.7. The van der Waals surface area contributed by atoms with Gasteiger partial charge in [0.25, 0.3) is 0 Å². The second-order valence-electron chi connectivity index (χ2n) is 6.54. The molecule has 1 saturated heterocycles. The van der Waals surface area contributed by atoms with E-state index in [-0.39, 0.29) is 18.3 Å². The van der Waals surface area contributed by atoms with E-state index in [0.29, 0.717) is 24.3 Å². The number of carbonyl (C=O) groups is 1. The molecule has 1 aliphatic heterocycles. The summed E-state index contributed by atoms with van der Waals surface area (Å²) in [5.74, 6) is 1.26. The van der Waals surface area contributed by atoms with Crippen LogP contribution in [0.25, 0.3) is 0 Å². The standard InChI is InChI=1S/C18H28N2O.ClH/c1-13(2)16-7-4-15(5-8-16)6-9-18(21)20-17-10-11-19-12-14(17)3;/h4-5,7-8,13-14,17,19H,6,9-12H2,1-3H3,(H,20,21);1H. The molecule has 2 rings (SSSR count). The van der Waals surface area contributed by atoms with E-state index in [1.807, 2.05) is 0 Å². The number of halogens is 1. The van der Waals surface area contributed by atoms with Gasteiger partial charge in [-0.3, -0.25) is 4.79 Å². The molecule has 2 N–H and O–H groups in total. The van der Waals surface area contributed by atoms with Crippen molar-refractivity contribution in [3.63, 3.8) is 0 Å². The van der Waals surface area contributed by atoms with Crippen LogP contribution in [0.2, 0.25) is 0 Å². The summed E-state index contributed by atoms with van der Waals surface area (Å²) in [4.78, 5) is 12.1. The second kappa shape index (κ2) is 9.16. The Morgan fingerprint density at radius 2 is 2.00 bits per heavy atom. The summed E-state index contributed by atoms with van der Waals surface area (Å²) in [5, 5.41) is 6.55. The molecule has 1 aromatic rings. The molecule has 4 heteroatoms. The van der Waals surface area contributed by atoms with Crippen molar-refractivity contribution in [2.45, 2.75) is 52.0 Å². The lowest BCUT2D eigenvalue weighted by Gasteiger charge is -2.30. The highest BCUT2D eigenvalue weighted by Crippen LogP contribution is 2.16. The molecule has 1 heterocycles. The Labute approximate surface area is 140 Å². The molecule has 0 saturated carbocycles. The van der Waals surface area contributed by atoms with Crippen molar-refractivity contribution in [3.05, 3.63) is 35.4 Å². The quantitative estimate of drug-likeness (QED) is 0.872. The first kappa shape index (κ1) is 19.0. The number of hydrogen-bond acceptors (Lipinski definition) is 2. The first-order valence-electron chi connectivity index (χ1n) is 8.15. The van der Waals surface area contributed by atoms with Gasteiger partial charge in [-0.25, -0.2) is 0 Å². The lowest BCUT2D eigenvalue weighted by atomic mass is 9.95. The van der Waals surface area contributed by atoms with E-state index >= 15 is 0 Å². The van der Waals surface area contributed by atoms with Crippen molar-refractivity contribution in [1.82, 2.24) is 10.6 Å². The van der Waals surface area contributed by atoms with Gasteiger partial charge in [0.2, 0.25) is 5.91 Å². The molecule has 2 unspecified atom stereocenters. The Balaban J connectivity index is 0.00000242. The van der Waals surface area contributed by atoms with Crippen molar-refractivity contribution in [1.29, 1.82) is 0 Å². The third kappa shape index (κ3) is 5.62. The molecule has 0 spiro atoms. The highest BCUT2D eigenvalue weighted by molar-refractivity contribution is 5.85. The molecule has 0 aliphatic carbocycles. The Kier molecular flexibility index (Phi) is 7.91. The number of carbonyl (C=O) groups excluding carboxylic acids is 1. The molecule has 0 bridgehead atoms. The smallest absolute Gasteiger partial charge is 0.220 e. The monoisotopic (exact) mass is 324 g/mol. The van der Waals surface area contributed by atoms with Crippen LogP contribution in [0.4, 0.5) is 0 Å². The van der Waals surface area contributed by atoms with Crippen molar-refractivity contribution in [3.8, 4) is 0 Å². The van der Waals surface area contributed by atoms with Crippen molar-refractivity contribution < 1.29 is 4.79 Å². The predicted octanol–water partition coefficient (Wildman–Crippen LogP) is 3.28. The summed E-state index contributed by atoms with van der Waals surface area (Å²) in [6, 6.07) is 8.98. The van der Waals surface area contributed by atoms with Gasteiger partial charge in [-0.2, -0.15) is 0 Å². The predicted molar refractivity (Wildman–Crippen MR) is 94.7 cm³/mol. The normalized spacial score (nSPS) is 21.3. The third-order valence-corrected chi connectivity index (χ3v) is 4.42. The number of benzene rings is 1. The maximum atomic E-state index is 12.1. The molecular weight excluding hydrogens is 296 g/mol. The topological polar surface area (TPSA) is 41.1 Å². The van der Waals surface area contributed by atoms with E-state index in [9.17, 15) is 4.79 Å². The van der Waals surface area contributed by atoms with Crippen LogP contribution in [0.5, 0.6) is 0 Å². The van der Waals surface area contributed by atoms with E-state index in [4.69, 9.17) is 0 Å². The number of rotatable bonds is 5. The molecule has 22 heavy (non-hydrogen) atoms. The fourth-order valence-corrected chi connectivity index (χ4v) is 2.83. The van der Waals surface area contributed by atoms with Gasteiger partial charge >= 0.3 is 0 Å². The van der Waals surface area contributed by atoms with Gasteiger partial charge in [-0.1, -0.05) is 45.0 Å². The average Bonchev–Trinajstić information content (AvgIpc) is 2.48. The molecule has 2 atom stereocenters. The number of nitrogens with one attached hydrogen (secondary N) is 2. The van der Waals surface area contributed by atoms with Crippen molar-refractivity contribution in [2.75, 3.05) is 13.1 Å². The van der Waals surface area contributed by atoms with Crippen LogP contribution in [0.3, 0.4) is 0 Å². The summed E-state index contributed by atoms with van der Waals surface area (Å²) in [6.07, 6.45) is 2.44. The van der Waals surface area contributed by atoms with Crippen LogP contribution in [0.15, 0.2) is 24.3 Å². The average molecular weight is 325 g/mol. The molecular formula is C18H29ClN2O. The Hall–Kier alpha value is -1.06. The maximum Gasteiger partial charge on any atom is 0.220 e. The van der Waals surface area contributed by atoms with Crippen LogP contribution in [-0.4, -0.2) is 25.0 Å². The molecule has 0 aromatic heterocycles. The van der Waals surface area contributed by atoms with E-state index in [1.54, 1.807) is 0 Å². The minimum atomic E-state index is 0. The number of amides is 1. The van der Waals surface area contributed by atoms with Gasteiger partial charge in [0, 0.05) is 12.5 Å². The van der Waals surface area contributed by atoms with Gasteiger partial charge < -0.3 is 10.6 Å². The lowest BCUT2D eigenvalue weighted by molar-refractivity contribution is -0.122. The molecule has 0 radical (unpaired) electrons. The van der Waals surface area contributed by atoms with Gasteiger partial charge in [-0.15, -0.1) is 12.4 Å². The largest absolute Gasteiger partial charge is 0.353 e. The van der Waals surface area contributed by atoms with Crippen LogP contribution in [-0.2, 0) is 11.2 Å². The van der Waals surface area contributed by atoms with Gasteiger partial charge in [0.05, 0.1) is 0 Å². The van der Waals surface area contributed by atoms with Crippen LogP contribution >= 0.6 is 12.4 Å². The Morgan fingerprint density at radius 3 is 2.59 bits per heavy atom. The summed E-state index contributed by atoms with van der Waals surface area (Å²) in [7, 11) is 0. The molecule has 3 nitrogen and oxygen atoms in total. The summed E-state index contributed by atoms with van der Waals surface area (Å²) in [6.45, 7) is 8.60. The molecule has 1 aromatic carbocycles. The van der Waals surface area contributed by atoms with Gasteiger partial charge in [0.15, 0.2) is 0 Å². The lowest BCUT2D eigenvalue weighted by Crippen LogP contribution is -2.48. The van der Waals surface area contributed by atoms with Crippen LogP contribution in [0.1, 0.15) is 50.7 Å². The summed E-state index contributed by atoms with van der Waals surface area (Å²) in [5.41, 5.74) is 2.60. The van der Waals surface area contributed by atoms with Crippen LogP contribution in [0, 0.1) is 5.92 Å². The Morgan fingerprint density at radius 1 is 1.32 bits per heavy atom. The van der Waals surface area contributed by atoms with Gasteiger partial charge in [-0.05, 0) is 48.9 Å². The third-order valence-electron chi connectivity index (χ3n) is 4.42. The molecule has 1 aliphatic rings. The van der Waals surface area contributed by atoms with Gasteiger partial charge in [0.1, 0.15) is 0 Å². The Bertz CT molecular complexity index is 459. The molecule has 124 valence electrons. The maximum absolute atomic E-state index is 12.1. The first-order valence-corrected chi connectivity index (χ1v) is 8.15. The second-order valence-corrected chi connectivity index (χ2v) is 6.54. The molecule has 1 fully saturated rings. The van der Waals surface area contributed by atoms with E-state index in [0.717, 1.165) is 25.9 Å². The zero-order chi connectivity index (χ0) is 15.2. The van der Waals surface area contributed by atoms with Crippen LogP contribution < -0.4 is 10.6 Å². The fourth-order valence-electron chi connectivity index (χ4n) is 2.83. The minimum Gasteiger partial charge on any atom is -0.353 e. The fraction of sp³-hybridized carbons (Fsp3) is 0.611. The summed E-state index contributed by atoms with van der Waals surface area (Å²) >= 11 is 0.